The van der Waals surface area contributed by atoms with Gasteiger partial charge in [0.2, 0.25) is 20.0 Å². The van der Waals surface area contributed by atoms with Gasteiger partial charge in [0, 0.05) is 0 Å². The number of primary sulfonamides is 1. The summed E-state index contributed by atoms with van der Waals surface area (Å²) in [6.07, 6.45) is 0.461. The first-order chi connectivity index (χ1) is 8.15. The van der Waals surface area contributed by atoms with Gasteiger partial charge in [-0.25, -0.2) is 22.0 Å². The van der Waals surface area contributed by atoms with Crippen LogP contribution in [0.4, 0.5) is 5.69 Å². The van der Waals surface area contributed by atoms with E-state index in [0.717, 1.165) is 6.07 Å². The molecule has 0 saturated heterocycles. The second-order valence-electron chi connectivity index (χ2n) is 3.61. The Morgan fingerprint density at radius 3 is 2.33 bits per heavy atom. The van der Waals surface area contributed by atoms with Gasteiger partial charge in [0.05, 0.1) is 21.4 Å². The molecule has 1 aromatic rings. The fourth-order valence-electron chi connectivity index (χ4n) is 1.24. The lowest BCUT2D eigenvalue weighted by Crippen LogP contribution is -2.17. The maximum Gasteiger partial charge on any atom is 0.238 e. The molecule has 0 spiro atoms. The van der Waals surface area contributed by atoms with Crippen molar-refractivity contribution in [2.45, 2.75) is 18.2 Å². The molecule has 0 aliphatic rings. The van der Waals surface area contributed by atoms with E-state index in [1.807, 2.05) is 0 Å². The summed E-state index contributed by atoms with van der Waals surface area (Å²) in [6.45, 7) is 1.73. The van der Waals surface area contributed by atoms with Crippen molar-refractivity contribution in [1.82, 2.24) is 0 Å². The van der Waals surface area contributed by atoms with Crippen LogP contribution in [0, 0.1) is 0 Å². The van der Waals surface area contributed by atoms with Gasteiger partial charge in [-0.3, -0.25) is 4.72 Å². The quantitative estimate of drug-likeness (QED) is 0.850. The van der Waals surface area contributed by atoms with Gasteiger partial charge in [-0.2, -0.15) is 0 Å². The summed E-state index contributed by atoms with van der Waals surface area (Å²) in [5.41, 5.74) is 0.123. The molecule has 0 radical (unpaired) electrons. The molecular weight excluding hydrogens is 300 g/mol. The number of anilines is 1. The number of rotatable bonds is 5. The first-order valence-electron chi connectivity index (χ1n) is 4.98. The minimum Gasteiger partial charge on any atom is -0.282 e. The van der Waals surface area contributed by atoms with Gasteiger partial charge in [0.1, 0.15) is 0 Å². The molecule has 9 heteroatoms. The normalized spacial score (nSPS) is 12.4. The lowest BCUT2D eigenvalue weighted by atomic mass is 10.3. The summed E-state index contributed by atoms with van der Waals surface area (Å²) < 4.78 is 47.4. The summed E-state index contributed by atoms with van der Waals surface area (Å²) in [4.78, 5) is -0.175. The van der Waals surface area contributed by atoms with E-state index in [4.69, 9.17) is 16.7 Å². The van der Waals surface area contributed by atoms with Gasteiger partial charge in [-0.05, 0) is 24.6 Å². The molecule has 1 rings (SSSR count). The van der Waals surface area contributed by atoms with Gasteiger partial charge < -0.3 is 0 Å². The van der Waals surface area contributed by atoms with E-state index in [0.29, 0.717) is 6.42 Å². The zero-order valence-electron chi connectivity index (χ0n) is 9.55. The minimum atomic E-state index is -3.86. The van der Waals surface area contributed by atoms with Gasteiger partial charge >= 0.3 is 0 Å². The van der Waals surface area contributed by atoms with Crippen molar-refractivity contribution in [1.29, 1.82) is 0 Å². The van der Waals surface area contributed by atoms with Crippen LogP contribution >= 0.6 is 11.6 Å². The molecule has 0 unspecified atom stereocenters. The Hall–Kier alpha value is -0.830. The Kier molecular flexibility index (Phi) is 4.60. The zero-order valence-corrected chi connectivity index (χ0v) is 11.9. The third-order valence-corrected chi connectivity index (χ3v) is 4.71. The van der Waals surface area contributed by atoms with Gasteiger partial charge in [0.15, 0.2) is 0 Å². The van der Waals surface area contributed by atoms with Crippen molar-refractivity contribution in [3.63, 3.8) is 0 Å². The van der Waals surface area contributed by atoms with Crippen molar-refractivity contribution in [2.24, 2.45) is 5.14 Å². The number of hydrogen-bond donors (Lipinski definition) is 2. The summed E-state index contributed by atoms with van der Waals surface area (Å²) in [6, 6.07) is 3.54. The average Bonchev–Trinajstić information content (AvgIpc) is 2.19. The smallest absolute Gasteiger partial charge is 0.238 e. The van der Waals surface area contributed by atoms with Crippen LogP contribution in [0.15, 0.2) is 23.1 Å². The molecule has 0 aliphatic heterocycles. The highest BCUT2D eigenvalue weighted by atomic mass is 35.5. The van der Waals surface area contributed by atoms with Crippen LogP contribution in [0.3, 0.4) is 0 Å². The van der Waals surface area contributed by atoms with Crippen LogP contribution in [0.1, 0.15) is 13.3 Å². The molecule has 3 N–H and O–H groups in total. The van der Waals surface area contributed by atoms with Crippen LogP contribution in [0.2, 0.25) is 5.02 Å². The van der Waals surface area contributed by atoms with E-state index in [-0.39, 0.29) is 21.4 Å². The van der Waals surface area contributed by atoms with Crippen molar-refractivity contribution in [2.75, 3.05) is 10.5 Å². The Morgan fingerprint density at radius 1 is 1.28 bits per heavy atom. The van der Waals surface area contributed by atoms with Crippen molar-refractivity contribution >= 4 is 37.3 Å². The Morgan fingerprint density at radius 2 is 1.89 bits per heavy atom. The van der Waals surface area contributed by atoms with Gasteiger partial charge in [-0.15, -0.1) is 0 Å². The molecule has 1 aromatic carbocycles. The fraction of sp³-hybridized carbons (Fsp3) is 0.333. The zero-order chi connectivity index (χ0) is 14.0. The molecule has 0 heterocycles. The molecule has 0 amide bonds. The maximum atomic E-state index is 11.5. The highest BCUT2D eigenvalue weighted by molar-refractivity contribution is 7.92. The second kappa shape index (κ2) is 5.43. The molecule has 0 aliphatic carbocycles. The first-order valence-corrected chi connectivity index (χ1v) is 8.56. The van der Waals surface area contributed by atoms with E-state index in [2.05, 4.69) is 4.72 Å². The molecule has 0 aromatic heterocycles. The number of nitrogens with two attached hydrogens (primary N) is 1. The van der Waals surface area contributed by atoms with Crippen molar-refractivity contribution in [3.05, 3.63) is 23.2 Å². The number of hydrogen-bond acceptors (Lipinski definition) is 4. The standard InChI is InChI=1S/C9H13ClN2O4S2/c1-2-5-17(13,14)12-9-4-3-7(6-8(9)10)18(11,15)16/h3-4,6,12H,2,5H2,1H3,(H2,11,15,16). The molecule has 6 nitrogen and oxygen atoms in total. The Balaban J connectivity index is 3.08. The van der Waals surface area contributed by atoms with E-state index in [1.54, 1.807) is 6.92 Å². The van der Waals surface area contributed by atoms with E-state index < -0.39 is 20.0 Å². The molecule has 0 saturated carbocycles. The van der Waals surface area contributed by atoms with Crippen LogP contribution in [-0.2, 0) is 20.0 Å². The molecule has 0 fully saturated rings. The Labute approximate surface area is 111 Å². The third kappa shape index (κ3) is 4.13. The van der Waals surface area contributed by atoms with Gasteiger partial charge in [0.25, 0.3) is 0 Å². The molecular formula is C9H13ClN2O4S2. The lowest BCUT2D eigenvalue weighted by Gasteiger charge is -2.09. The topological polar surface area (TPSA) is 106 Å². The maximum absolute atomic E-state index is 11.5. The van der Waals surface area contributed by atoms with Gasteiger partial charge in [-0.1, -0.05) is 18.5 Å². The third-order valence-electron chi connectivity index (χ3n) is 2.01. The molecule has 102 valence electrons. The lowest BCUT2D eigenvalue weighted by molar-refractivity contribution is 0.597. The van der Waals surface area contributed by atoms with Crippen LogP contribution in [0.5, 0.6) is 0 Å². The van der Waals surface area contributed by atoms with Crippen LogP contribution in [0.25, 0.3) is 0 Å². The summed E-state index contributed by atoms with van der Waals surface area (Å²) in [7, 11) is -7.33. The van der Waals surface area contributed by atoms with Crippen molar-refractivity contribution in [3.8, 4) is 0 Å². The predicted octanol–water partition coefficient (Wildman–Crippen LogP) is 1.14. The molecule has 18 heavy (non-hydrogen) atoms. The minimum absolute atomic E-state index is 0.0267. The summed E-state index contributed by atoms with van der Waals surface area (Å²) in [5.74, 6) is -0.0414. The molecule has 0 bridgehead atoms. The average molecular weight is 313 g/mol. The van der Waals surface area contributed by atoms with E-state index in [1.165, 1.54) is 12.1 Å². The first kappa shape index (κ1) is 15.2. The van der Waals surface area contributed by atoms with Crippen molar-refractivity contribution < 1.29 is 16.8 Å². The highest BCUT2D eigenvalue weighted by Crippen LogP contribution is 2.25. The van der Waals surface area contributed by atoms with Crippen LogP contribution < -0.4 is 9.86 Å². The monoisotopic (exact) mass is 312 g/mol. The van der Waals surface area contributed by atoms with E-state index >= 15 is 0 Å². The number of benzene rings is 1. The molecule has 0 atom stereocenters. The number of halogens is 1. The van der Waals surface area contributed by atoms with E-state index in [9.17, 15) is 16.8 Å². The predicted molar refractivity (Wildman–Crippen MR) is 70.5 cm³/mol. The summed E-state index contributed by atoms with van der Waals surface area (Å²) >= 11 is 5.79. The largest absolute Gasteiger partial charge is 0.282 e. The number of nitrogens with one attached hydrogen (secondary N) is 1. The second-order valence-corrected chi connectivity index (χ2v) is 7.42. The fourth-order valence-corrected chi connectivity index (χ4v) is 3.28. The summed E-state index contributed by atoms with van der Waals surface area (Å²) in [5, 5.41) is 4.90. The van der Waals surface area contributed by atoms with Crippen LogP contribution in [-0.4, -0.2) is 22.6 Å². The Bertz CT molecular complexity index is 641. The SMILES string of the molecule is CCCS(=O)(=O)Nc1ccc(S(N)(=O)=O)cc1Cl. The number of sulfonamides is 2. The highest BCUT2D eigenvalue weighted by Gasteiger charge is 2.14.